The lowest BCUT2D eigenvalue weighted by Gasteiger charge is -2.35. The predicted molar refractivity (Wildman–Crippen MR) is 80.2 cm³/mol. The van der Waals surface area contributed by atoms with Crippen molar-refractivity contribution in [2.75, 3.05) is 13.1 Å². The van der Waals surface area contributed by atoms with Crippen molar-refractivity contribution in [3.63, 3.8) is 0 Å². The fourth-order valence-corrected chi connectivity index (χ4v) is 2.92. The summed E-state index contributed by atoms with van der Waals surface area (Å²) in [6.07, 6.45) is 3.81. The first-order chi connectivity index (χ1) is 10.0. The number of rotatable bonds is 4. The minimum Gasteiger partial charge on any atom is -0.336 e. The van der Waals surface area contributed by atoms with Crippen molar-refractivity contribution < 1.29 is 9.72 Å². The molecule has 0 saturated carbocycles. The first kappa shape index (κ1) is 15.4. The minimum atomic E-state index is -0.461. The number of carbonyl (C=O) groups excluding carboxylic acids is 1. The number of likely N-dealkylation sites (tertiary alicyclic amines) is 1. The highest BCUT2D eigenvalue weighted by Crippen LogP contribution is 2.24. The number of piperidine rings is 1. The van der Waals surface area contributed by atoms with Gasteiger partial charge in [-0.05, 0) is 50.8 Å². The van der Waals surface area contributed by atoms with Crippen LogP contribution >= 0.6 is 0 Å². The first-order valence-electron chi connectivity index (χ1n) is 7.30. The normalized spacial score (nSPS) is 18.6. The molecular formula is C15H21N3O3. The van der Waals surface area contributed by atoms with Gasteiger partial charge >= 0.3 is 0 Å². The molecule has 1 aliphatic rings. The van der Waals surface area contributed by atoms with Crippen LogP contribution in [0.5, 0.6) is 0 Å². The zero-order chi connectivity index (χ0) is 15.4. The van der Waals surface area contributed by atoms with Gasteiger partial charge in [-0.3, -0.25) is 14.9 Å². The summed E-state index contributed by atoms with van der Waals surface area (Å²) in [4.78, 5) is 25.0. The summed E-state index contributed by atoms with van der Waals surface area (Å²) in [5.74, 6) is -0.125. The number of nitrogens with two attached hydrogens (primary N) is 1. The molecule has 1 heterocycles. The fourth-order valence-electron chi connectivity index (χ4n) is 2.92. The van der Waals surface area contributed by atoms with Gasteiger partial charge in [0.25, 0.3) is 11.6 Å². The van der Waals surface area contributed by atoms with E-state index in [9.17, 15) is 14.9 Å². The summed E-state index contributed by atoms with van der Waals surface area (Å²) in [6.45, 7) is 3.00. The van der Waals surface area contributed by atoms with Crippen molar-refractivity contribution in [2.45, 2.75) is 38.6 Å². The van der Waals surface area contributed by atoms with E-state index in [0.29, 0.717) is 18.7 Å². The second-order valence-electron chi connectivity index (χ2n) is 5.54. The molecule has 1 aromatic rings. The predicted octanol–water partition coefficient (Wildman–Crippen LogP) is 2.25. The highest BCUT2D eigenvalue weighted by atomic mass is 16.6. The van der Waals surface area contributed by atoms with Crippen LogP contribution in [0.25, 0.3) is 0 Å². The fraction of sp³-hybridized carbons (Fsp3) is 0.533. The molecule has 1 saturated heterocycles. The average molecular weight is 291 g/mol. The lowest BCUT2D eigenvalue weighted by atomic mass is 9.98. The van der Waals surface area contributed by atoms with Crippen LogP contribution in [0.2, 0.25) is 0 Å². The molecule has 0 aliphatic carbocycles. The molecule has 0 spiro atoms. The van der Waals surface area contributed by atoms with Crippen molar-refractivity contribution in [1.29, 1.82) is 0 Å². The number of aryl methyl sites for hydroxylation is 1. The molecular weight excluding hydrogens is 270 g/mol. The van der Waals surface area contributed by atoms with Gasteiger partial charge in [0.1, 0.15) is 0 Å². The number of hydrogen-bond acceptors (Lipinski definition) is 4. The molecule has 1 fully saturated rings. The number of benzene rings is 1. The van der Waals surface area contributed by atoms with Crippen LogP contribution < -0.4 is 5.73 Å². The Bertz CT molecular complexity index is 543. The van der Waals surface area contributed by atoms with Gasteiger partial charge < -0.3 is 10.6 Å². The molecule has 6 nitrogen and oxygen atoms in total. The van der Waals surface area contributed by atoms with E-state index in [0.717, 1.165) is 31.2 Å². The van der Waals surface area contributed by atoms with Crippen LogP contribution in [0, 0.1) is 17.0 Å². The maximum absolute atomic E-state index is 12.7. The smallest absolute Gasteiger partial charge is 0.270 e. The summed E-state index contributed by atoms with van der Waals surface area (Å²) >= 11 is 0. The Hall–Kier alpha value is -1.95. The molecule has 0 bridgehead atoms. The highest BCUT2D eigenvalue weighted by molar-refractivity contribution is 5.95. The van der Waals surface area contributed by atoms with Gasteiger partial charge in [0.15, 0.2) is 0 Å². The zero-order valence-electron chi connectivity index (χ0n) is 12.2. The van der Waals surface area contributed by atoms with Crippen LogP contribution in [0.4, 0.5) is 5.69 Å². The summed E-state index contributed by atoms with van der Waals surface area (Å²) in [7, 11) is 0. The molecule has 1 amide bonds. The Morgan fingerprint density at radius 3 is 2.86 bits per heavy atom. The molecule has 21 heavy (non-hydrogen) atoms. The maximum atomic E-state index is 12.7. The molecule has 6 heteroatoms. The second-order valence-corrected chi connectivity index (χ2v) is 5.54. The summed E-state index contributed by atoms with van der Waals surface area (Å²) in [5.41, 5.74) is 6.70. The van der Waals surface area contributed by atoms with Crippen LogP contribution in [0.3, 0.4) is 0 Å². The van der Waals surface area contributed by atoms with Crippen LogP contribution in [0.1, 0.15) is 41.6 Å². The quantitative estimate of drug-likeness (QED) is 0.680. The molecule has 1 aliphatic heterocycles. The molecule has 1 aromatic carbocycles. The third-order valence-electron chi connectivity index (χ3n) is 3.91. The topological polar surface area (TPSA) is 89.5 Å². The number of non-ortho nitro benzene ring substituents is 1. The van der Waals surface area contributed by atoms with Crippen molar-refractivity contribution in [1.82, 2.24) is 4.90 Å². The largest absolute Gasteiger partial charge is 0.336 e. The molecule has 2 N–H and O–H groups in total. The Morgan fingerprint density at radius 1 is 1.43 bits per heavy atom. The van der Waals surface area contributed by atoms with E-state index in [4.69, 9.17) is 5.73 Å². The van der Waals surface area contributed by atoms with Gasteiger partial charge in [0, 0.05) is 30.3 Å². The Balaban J connectivity index is 2.27. The van der Waals surface area contributed by atoms with Crippen molar-refractivity contribution >= 4 is 11.6 Å². The SMILES string of the molecule is Cc1cc(C(=O)N2CCCCC2CCN)cc([N+](=O)[O-])c1. The van der Waals surface area contributed by atoms with Gasteiger partial charge in [0.05, 0.1) is 4.92 Å². The molecule has 0 aromatic heterocycles. The Labute approximate surface area is 124 Å². The third-order valence-corrected chi connectivity index (χ3v) is 3.91. The van der Waals surface area contributed by atoms with E-state index in [2.05, 4.69) is 0 Å². The molecule has 0 radical (unpaired) electrons. The van der Waals surface area contributed by atoms with Crippen molar-refractivity contribution in [3.05, 3.63) is 39.4 Å². The molecule has 1 atom stereocenters. The molecule has 114 valence electrons. The highest BCUT2D eigenvalue weighted by Gasteiger charge is 2.27. The summed E-state index contributed by atoms with van der Waals surface area (Å²) in [5, 5.41) is 10.9. The molecule has 1 unspecified atom stereocenters. The number of nitro benzene ring substituents is 1. The van der Waals surface area contributed by atoms with Crippen molar-refractivity contribution in [3.8, 4) is 0 Å². The van der Waals surface area contributed by atoms with Gasteiger partial charge in [-0.15, -0.1) is 0 Å². The van der Waals surface area contributed by atoms with E-state index in [1.54, 1.807) is 13.0 Å². The number of hydrogen-bond donors (Lipinski definition) is 1. The lowest BCUT2D eigenvalue weighted by molar-refractivity contribution is -0.384. The third kappa shape index (κ3) is 3.58. The van der Waals surface area contributed by atoms with Crippen molar-refractivity contribution in [2.24, 2.45) is 5.73 Å². The van der Waals surface area contributed by atoms with E-state index >= 15 is 0 Å². The number of nitrogens with zero attached hydrogens (tertiary/aromatic N) is 2. The zero-order valence-corrected chi connectivity index (χ0v) is 12.2. The Morgan fingerprint density at radius 2 is 2.19 bits per heavy atom. The minimum absolute atomic E-state index is 0.0364. The van der Waals surface area contributed by atoms with Crippen LogP contribution in [-0.2, 0) is 0 Å². The number of carbonyl (C=O) groups is 1. The standard InChI is InChI=1S/C15H21N3O3/c1-11-8-12(10-14(9-11)18(20)21)15(19)17-7-3-2-4-13(17)5-6-16/h8-10,13H,2-7,16H2,1H3. The average Bonchev–Trinajstić information content (AvgIpc) is 2.47. The van der Waals surface area contributed by atoms with E-state index < -0.39 is 4.92 Å². The van der Waals surface area contributed by atoms with Gasteiger partial charge in [-0.25, -0.2) is 0 Å². The van der Waals surface area contributed by atoms with E-state index in [-0.39, 0.29) is 17.6 Å². The van der Waals surface area contributed by atoms with E-state index in [1.165, 1.54) is 12.1 Å². The number of nitro groups is 1. The van der Waals surface area contributed by atoms with Crippen LogP contribution in [0.15, 0.2) is 18.2 Å². The lowest BCUT2D eigenvalue weighted by Crippen LogP contribution is -2.44. The summed E-state index contributed by atoms with van der Waals surface area (Å²) < 4.78 is 0. The van der Waals surface area contributed by atoms with Gasteiger partial charge in [0.2, 0.25) is 0 Å². The van der Waals surface area contributed by atoms with Gasteiger partial charge in [-0.1, -0.05) is 0 Å². The molecule has 2 rings (SSSR count). The monoisotopic (exact) mass is 291 g/mol. The van der Waals surface area contributed by atoms with Crippen LogP contribution in [-0.4, -0.2) is 34.9 Å². The van der Waals surface area contributed by atoms with E-state index in [1.807, 2.05) is 4.90 Å². The second kappa shape index (κ2) is 6.67. The Kier molecular flexibility index (Phi) is 4.90. The number of amides is 1. The first-order valence-corrected chi connectivity index (χ1v) is 7.30. The summed E-state index contributed by atoms with van der Waals surface area (Å²) in [6, 6.07) is 4.70. The van der Waals surface area contributed by atoms with Gasteiger partial charge in [-0.2, -0.15) is 0 Å². The maximum Gasteiger partial charge on any atom is 0.270 e.